The van der Waals surface area contributed by atoms with Crippen LogP contribution in [0.5, 0.6) is 0 Å². The van der Waals surface area contributed by atoms with Crippen LogP contribution in [0.15, 0.2) is 186 Å². The topological polar surface area (TPSA) is 29.3 Å². The van der Waals surface area contributed by atoms with Gasteiger partial charge in [0.1, 0.15) is 5.52 Å². The summed E-state index contributed by atoms with van der Waals surface area (Å²) in [7, 11) is 0. The van der Waals surface area contributed by atoms with Crippen LogP contribution in [0.1, 0.15) is 0 Å². The lowest BCUT2D eigenvalue weighted by Gasteiger charge is -2.27. The number of aromatic nitrogens is 1. The third kappa shape index (κ3) is 5.25. The average molecular weight is 671 g/mol. The molecule has 240 valence electrons. The van der Waals surface area contributed by atoms with E-state index in [1.807, 2.05) is 30.3 Å². The highest BCUT2D eigenvalue weighted by Gasteiger charge is 2.20. The Morgan fingerprint density at radius 3 is 1.94 bits per heavy atom. The summed E-state index contributed by atoms with van der Waals surface area (Å²) in [5.74, 6) is 0.638. The van der Waals surface area contributed by atoms with Gasteiger partial charge < -0.3 is 9.32 Å². The van der Waals surface area contributed by atoms with Gasteiger partial charge in [-0.1, -0.05) is 115 Å². The standard InChI is InChI=1S/C47H30N2OS/c1-3-11-31(12-4-1)36-17-9-18-39(28-36)49(38-25-23-33(24-26-38)37-22-21-32-13-7-8-16-35(32)27-37)42-19-10-20-44-46(42)40-29-41-43(30-45(40)51-44)50-47(48-41)34-14-5-2-6-15-34/h1-30H. The molecule has 0 spiro atoms. The van der Waals surface area contributed by atoms with E-state index in [1.54, 1.807) is 11.3 Å². The predicted molar refractivity (Wildman–Crippen MR) is 215 cm³/mol. The second-order valence-electron chi connectivity index (χ2n) is 12.8. The van der Waals surface area contributed by atoms with Gasteiger partial charge in [0.2, 0.25) is 5.89 Å². The Bertz CT molecular complexity index is 2850. The zero-order chi connectivity index (χ0) is 33.7. The fourth-order valence-corrected chi connectivity index (χ4v) is 8.31. The van der Waals surface area contributed by atoms with Crippen molar-refractivity contribution < 1.29 is 4.42 Å². The minimum absolute atomic E-state index is 0.638. The number of hydrogen-bond acceptors (Lipinski definition) is 4. The van der Waals surface area contributed by atoms with E-state index >= 15 is 0 Å². The highest BCUT2D eigenvalue weighted by atomic mass is 32.1. The molecule has 2 heterocycles. The Kier molecular flexibility index (Phi) is 7.00. The quantitative estimate of drug-likeness (QED) is 0.176. The number of thiophene rings is 1. The lowest BCUT2D eigenvalue weighted by molar-refractivity contribution is 0.620. The summed E-state index contributed by atoms with van der Waals surface area (Å²) in [4.78, 5) is 7.33. The molecule has 0 saturated carbocycles. The first kappa shape index (κ1) is 29.4. The number of fused-ring (bicyclic) bond motifs is 5. The fourth-order valence-electron chi connectivity index (χ4n) is 7.17. The van der Waals surface area contributed by atoms with E-state index < -0.39 is 0 Å². The molecule has 0 amide bonds. The van der Waals surface area contributed by atoms with Gasteiger partial charge in [-0.25, -0.2) is 4.98 Å². The number of rotatable bonds is 6. The lowest BCUT2D eigenvalue weighted by atomic mass is 10.0. The third-order valence-electron chi connectivity index (χ3n) is 9.66. The van der Waals surface area contributed by atoms with Crippen LogP contribution >= 0.6 is 11.3 Å². The van der Waals surface area contributed by atoms with E-state index in [1.165, 1.54) is 53.2 Å². The Balaban J connectivity index is 1.15. The largest absolute Gasteiger partial charge is 0.436 e. The third-order valence-corrected chi connectivity index (χ3v) is 10.8. The smallest absolute Gasteiger partial charge is 0.227 e. The summed E-state index contributed by atoms with van der Waals surface area (Å²) in [6, 6.07) is 64.7. The highest BCUT2D eigenvalue weighted by Crippen LogP contribution is 2.46. The van der Waals surface area contributed by atoms with Crippen molar-refractivity contribution in [2.24, 2.45) is 0 Å². The highest BCUT2D eigenvalue weighted by molar-refractivity contribution is 7.26. The van der Waals surface area contributed by atoms with Crippen molar-refractivity contribution in [1.29, 1.82) is 0 Å². The maximum atomic E-state index is 6.29. The van der Waals surface area contributed by atoms with Gasteiger partial charge in [-0.05, 0) is 93.7 Å². The zero-order valence-corrected chi connectivity index (χ0v) is 28.3. The molecule has 10 aromatic rings. The van der Waals surface area contributed by atoms with Crippen molar-refractivity contribution >= 4 is 70.4 Å². The van der Waals surface area contributed by atoms with Gasteiger partial charge in [0.15, 0.2) is 5.58 Å². The molecule has 0 saturated heterocycles. The maximum absolute atomic E-state index is 6.29. The van der Waals surface area contributed by atoms with Crippen LogP contribution in [0.4, 0.5) is 17.1 Å². The molecule has 10 rings (SSSR count). The Morgan fingerprint density at radius 2 is 1.12 bits per heavy atom. The van der Waals surface area contributed by atoms with Crippen molar-refractivity contribution in [2.45, 2.75) is 0 Å². The molecular formula is C47H30N2OS. The molecule has 0 aliphatic carbocycles. The molecule has 0 fully saturated rings. The normalized spacial score (nSPS) is 11.5. The summed E-state index contributed by atoms with van der Waals surface area (Å²) < 4.78 is 8.68. The summed E-state index contributed by atoms with van der Waals surface area (Å²) in [6.07, 6.45) is 0. The summed E-state index contributed by atoms with van der Waals surface area (Å²) in [6.45, 7) is 0. The molecule has 3 nitrogen and oxygen atoms in total. The van der Waals surface area contributed by atoms with Crippen molar-refractivity contribution in [2.75, 3.05) is 4.90 Å². The second-order valence-corrected chi connectivity index (χ2v) is 13.9. The van der Waals surface area contributed by atoms with Crippen LogP contribution in [-0.2, 0) is 0 Å². The predicted octanol–water partition coefficient (Wildman–Crippen LogP) is 13.8. The van der Waals surface area contributed by atoms with Crippen molar-refractivity contribution in [3.63, 3.8) is 0 Å². The molecule has 0 aliphatic heterocycles. The Morgan fingerprint density at radius 1 is 0.451 bits per heavy atom. The first-order valence-electron chi connectivity index (χ1n) is 17.1. The number of benzene rings is 8. The van der Waals surface area contributed by atoms with E-state index in [2.05, 4.69) is 157 Å². The SMILES string of the molecule is c1ccc(-c2cccc(N(c3ccc(-c4ccc5ccccc5c4)cc3)c3cccc4sc5cc6oc(-c7ccccc7)nc6cc5c34)c2)cc1. The van der Waals surface area contributed by atoms with E-state index in [0.29, 0.717) is 5.89 Å². The molecule has 0 atom stereocenters. The first-order valence-corrected chi connectivity index (χ1v) is 17.9. The van der Waals surface area contributed by atoms with Crippen LogP contribution in [0.3, 0.4) is 0 Å². The van der Waals surface area contributed by atoms with Crippen LogP contribution in [-0.4, -0.2) is 4.98 Å². The van der Waals surface area contributed by atoms with E-state index in [4.69, 9.17) is 9.40 Å². The van der Waals surface area contributed by atoms with Gasteiger partial charge in [0.05, 0.1) is 5.69 Å². The Hall–Kier alpha value is -6.49. The molecule has 2 aromatic heterocycles. The van der Waals surface area contributed by atoms with Crippen LogP contribution in [0.25, 0.3) is 75.8 Å². The molecule has 0 unspecified atom stereocenters. The van der Waals surface area contributed by atoms with Crippen LogP contribution < -0.4 is 4.90 Å². The average Bonchev–Trinajstić information content (AvgIpc) is 3.79. The first-order chi connectivity index (χ1) is 25.2. The van der Waals surface area contributed by atoms with Crippen molar-refractivity contribution in [3.05, 3.63) is 182 Å². The summed E-state index contributed by atoms with van der Waals surface area (Å²) in [5, 5.41) is 4.86. The molecule has 51 heavy (non-hydrogen) atoms. The minimum Gasteiger partial charge on any atom is -0.436 e. The monoisotopic (exact) mass is 670 g/mol. The van der Waals surface area contributed by atoms with E-state index in [9.17, 15) is 0 Å². The molecule has 0 aliphatic rings. The van der Waals surface area contributed by atoms with Gasteiger partial charge >= 0.3 is 0 Å². The summed E-state index contributed by atoms with van der Waals surface area (Å²) >= 11 is 1.79. The minimum atomic E-state index is 0.638. The van der Waals surface area contributed by atoms with Crippen LogP contribution in [0.2, 0.25) is 0 Å². The molecular weight excluding hydrogens is 641 g/mol. The van der Waals surface area contributed by atoms with Crippen LogP contribution in [0, 0.1) is 0 Å². The summed E-state index contributed by atoms with van der Waals surface area (Å²) in [5.41, 5.74) is 10.7. The van der Waals surface area contributed by atoms with Crippen molar-refractivity contribution in [1.82, 2.24) is 4.98 Å². The van der Waals surface area contributed by atoms with Gasteiger partial charge in [-0.3, -0.25) is 0 Å². The second kappa shape index (κ2) is 12.1. The van der Waals surface area contributed by atoms with E-state index in [0.717, 1.165) is 33.7 Å². The molecule has 0 bridgehead atoms. The molecule has 0 radical (unpaired) electrons. The molecule has 0 N–H and O–H groups in total. The molecule has 4 heteroatoms. The zero-order valence-electron chi connectivity index (χ0n) is 27.5. The maximum Gasteiger partial charge on any atom is 0.227 e. The number of hydrogen-bond donors (Lipinski definition) is 0. The van der Waals surface area contributed by atoms with Gasteiger partial charge in [-0.15, -0.1) is 11.3 Å². The number of anilines is 3. The van der Waals surface area contributed by atoms with Gasteiger partial charge in [0, 0.05) is 43.2 Å². The van der Waals surface area contributed by atoms with E-state index in [-0.39, 0.29) is 0 Å². The number of oxazole rings is 1. The lowest BCUT2D eigenvalue weighted by Crippen LogP contribution is -2.10. The van der Waals surface area contributed by atoms with Gasteiger partial charge in [0.25, 0.3) is 0 Å². The number of nitrogens with zero attached hydrogens (tertiary/aromatic N) is 2. The molecule has 8 aromatic carbocycles. The van der Waals surface area contributed by atoms with Gasteiger partial charge in [-0.2, -0.15) is 0 Å². The van der Waals surface area contributed by atoms with Crippen molar-refractivity contribution in [3.8, 4) is 33.7 Å². The Labute approximate surface area is 299 Å². The fraction of sp³-hybridized carbons (Fsp3) is 0.